The van der Waals surface area contributed by atoms with Gasteiger partial charge in [0.15, 0.2) is 0 Å². The number of para-hydroxylation sites is 2. The van der Waals surface area contributed by atoms with Crippen LogP contribution in [-0.2, 0) is 10.0 Å². The predicted octanol–water partition coefficient (Wildman–Crippen LogP) is 5.20. The molecule has 0 bridgehead atoms. The Bertz CT molecular complexity index is 1720. The summed E-state index contributed by atoms with van der Waals surface area (Å²) >= 11 is 6.61. The van der Waals surface area contributed by atoms with Gasteiger partial charge in [-0.05, 0) is 48.9 Å². The van der Waals surface area contributed by atoms with Gasteiger partial charge in [0, 0.05) is 47.7 Å². The van der Waals surface area contributed by atoms with E-state index in [-0.39, 0.29) is 10.9 Å². The first-order valence-corrected chi connectivity index (χ1v) is 14.0. The third-order valence-electron chi connectivity index (χ3n) is 6.75. The Morgan fingerprint density at radius 1 is 0.974 bits per heavy atom. The average molecular weight is 545 g/mol. The first kappa shape index (κ1) is 24.4. The summed E-state index contributed by atoms with van der Waals surface area (Å²) in [6, 6.07) is 24.3. The van der Waals surface area contributed by atoms with E-state index in [1.165, 1.54) is 16.4 Å². The van der Waals surface area contributed by atoms with Gasteiger partial charge in [0.1, 0.15) is 0 Å². The molecule has 6 rings (SSSR count). The summed E-state index contributed by atoms with van der Waals surface area (Å²) in [4.78, 5) is 9.38. The van der Waals surface area contributed by atoms with Crippen LogP contribution in [0.2, 0.25) is 5.02 Å². The molecule has 8 nitrogen and oxygen atoms in total. The van der Waals surface area contributed by atoms with Crippen LogP contribution < -0.4 is 11.1 Å². The zero-order valence-electron chi connectivity index (χ0n) is 20.3. The molecule has 0 unspecified atom stereocenters. The van der Waals surface area contributed by atoms with Crippen LogP contribution in [0.25, 0.3) is 27.8 Å². The van der Waals surface area contributed by atoms with Gasteiger partial charge in [-0.2, -0.15) is 4.31 Å². The first-order chi connectivity index (χ1) is 18.4. The number of halogens is 1. The summed E-state index contributed by atoms with van der Waals surface area (Å²) in [5.74, 6) is 0.401. The predicted molar refractivity (Wildman–Crippen MR) is 151 cm³/mol. The van der Waals surface area contributed by atoms with Gasteiger partial charge in [-0.15, -0.1) is 0 Å². The number of hydrogen-bond acceptors (Lipinski definition) is 6. The summed E-state index contributed by atoms with van der Waals surface area (Å²) in [5.41, 5.74) is 9.81. The number of sulfonamides is 1. The zero-order chi connectivity index (χ0) is 26.3. The number of hydrogen-bond donors (Lipinski definition) is 2. The Hall–Kier alpha value is -3.92. The largest absolute Gasteiger partial charge is 0.399 e. The van der Waals surface area contributed by atoms with Gasteiger partial charge in [-0.3, -0.25) is 0 Å². The second-order valence-corrected chi connectivity index (χ2v) is 11.6. The molecule has 0 amide bonds. The summed E-state index contributed by atoms with van der Waals surface area (Å²) in [6.07, 6.45) is 4.25. The molecule has 10 heteroatoms. The standard InChI is InChI=1S/C28H25ClN6O2S/c29-25-16-31-28(32-20-14-15-34(17-20)38(36,37)22-12-10-19(30)11-13-22)33-27(25)24-18-35(21-6-2-1-3-7-21)26-9-5-4-8-23(24)26/h1-13,16,18,20H,14-15,17,30H2,(H,31,32,33)/t20-/m1/s1. The molecule has 192 valence electrons. The van der Waals surface area contributed by atoms with Gasteiger partial charge in [0.25, 0.3) is 0 Å². The highest BCUT2D eigenvalue weighted by molar-refractivity contribution is 7.89. The number of benzene rings is 3. The second kappa shape index (κ2) is 9.75. The second-order valence-electron chi connectivity index (χ2n) is 9.22. The van der Waals surface area contributed by atoms with Crippen molar-refractivity contribution in [2.24, 2.45) is 0 Å². The molecule has 1 aliphatic rings. The molecule has 0 aliphatic carbocycles. The molecule has 5 aromatic rings. The van der Waals surface area contributed by atoms with E-state index in [0.29, 0.717) is 41.9 Å². The highest BCUT2D eigenvalue weighted by atomic mass is 35.5. The number of anilines is 2. The van der Waals surface area contributed by atoms with Gasteiger partial charge >= 0.3 is 0 Å². The highest BCUT2D eigenvalue weighted by Crippen LogP contribution is 2.35. The van der Waals surface area contributed by atoms with E-state index in [0.717, 1.165) is 22.2 Å². The lowest BCUT2D eigenvalue weighted by Crippen LogP contribution is -2.32. The van der Waals surface area contributed by atoms with Gasteiger partial charge in [0.05, 0.1) is 27.3 Å². The Balaban J connectivity index is 1.28. The van der Waals surface area contributed by atoms with Crippen LogP contribution in [0.3, 0.4) is 0 Å². The molecular formula is C28H25ClN6O2S. The summed E-state index contributed by atoms with van der Waals surface area (Å²) < 4.78 is 29.7. The normalized spacial score (nSPS) is 16.2. The molecule has 3 N–H and O–H groups in total. The Kier molecular flexibility index (Phi) is 6.27. The molecule has 1 saturated heterocycles. The number of nitrogens with one attached hydrogen (secondary N) is 1. The molecule has 1 fully saturated rings. The Labute approximate surface area is 225 Å². The number of nitrogens with zero attached hydrogens (tertiary/aromatic N) is 4. The van der Waals surface area contributed by atoms with Crippen molar-refractivity contribution in [2.45, 2.75) is 17.4 Å². The number of fused-ring (bicyclic) bond motifs is 1. The van der Waals surface area contributed by atoms with Crippen molar-refractivity contribution < 1.29 is 8.42 Å². The number of nitrogen functional groups attached to an aromatic ring is 1. The zero-order valence-corrected chi connectivity index (χ0v) is 21.9. The van der Waals surface area contributed by atoms with E-state index < -0.39 is 10.0 Å². The molecule has 3 aromatic carbocycles. The van der Waals surface area contributed by atoms with E-state index >= 15 is 0 Å². The van der Waals surface area contributed by atoms with Crippen molar-refractivity contribution in [3.05, 3.63) is 96.3 Å². The monoisotopic (exact) mass is 544 g/mol. The molecule has 0 saturated carbocycles. The van der Waals surface area contributed by atoms with Crippen LogP contribution in [0.1, 0.15) is 6.42 Å². The molecule has 38 heavy (non-hydrogen) atoms. The van der Waals surface area contributed by atoms with Crippen LogP contribution in [0.15, 0.2) is 96.2 Å². The summed E-state index contributed by atoms with van der Waals surface area (Å²) in [5, 5.41) is 4.77. The number of rotatable bonds is 6. The van der Waals surface area contributed by atoms with E-state index in [1.54, 1.807) is 18.3 Å². The van der Waals surface area contributed by atoms with Gasteiger partial charge < -0.3 is 15.6 Å². The molecule has 0 spiro atoms. The van der Waals surface area contributed by atoms with Crippen molar-refractivity contribution in [2.75, 3.05) is 24.1 Å². The molecule has 2 aromatic heterocycles. The summed E-state index contributed by atoms with van der Waals surface area (Å²) in [7, 11) is -3.61. The number of nitrogens with two attached hydrogens (primary N) is 1. The fourth-order valence-electron chi connectivity index (χ4n) is 4.83. The molecule has 0 radical (unpaired) electrons. The van der Waals surface area contributed by atoms with Crippen molar-refractivity contribution in [3.8, 4) is 16.9 Å². The van der Waals surface area contributed by atoms with Crippen LogP contribution >= 0.6 is 11.6 Å². The molecular weight excluding hydrogens is 520 g/mol. The van der Waals surface area contributed by atoms with Crippen LogP contribution in [0.5, 0.6) is 0 Å². The maximum Gasteiger partial charge on any atom is 0.243 e. The molecule has 1 atom stereocenters. The Morgan fingerprint density at radius 3 is 2.50 bits per heavy atom. The minimum Gasteiger partial charge on any atom is -0.399 e. The topological polar surface area (TPSA) is 106 Å². The third kappa shape index (κ3) is 4.49. The van der Waals surface area contributed by atoms with Gasteiger partial charge in [-0.25, -0.2) is 18.4 Å². The van der Waals surface area contributed by atoms with Crippen molar-refractivity contribution in [1.29, 1.82) is 0 Å². The minimum absolute atomic E-state index is 0.141. The summed E-state index contributed by atoms with van der Waals surface area (Å²) in [6.45, 7) is 0.705. The fourth-order valence-corrected chi connectivity index (χ4v) is 6.52. The lowest BCUT2D eigenvalue weighted by Gasteiger charge is -2.17. The minimum atomic E-state index is -3.61. The van der Waals surface area contributed by atoms with E-state index in [1.807, 2.05) is 42.6 Å². The fraction of sp³-hybridized carbons (Fsp3) is 0.143. The quantitative estimate of drug-likeness (QED) is 0.285. The van der Waals surface area contributed by atoms with Crippen LogP contribution in [-0.4, -0.2) is 46.4 Å². The maximum atomic E-state index is 13.1. The van der Waals surface area contributed by atoms with Gasteiger partial charge in [0.2, 0.25) is 16.0 Å². The molecule has 3 heterocycles. The number of aromatic nitrogens is 3. The third-order valence-corrected chi connectivity index (χ3v) is 8.90. The Morgan fingerprint density at radius 2 is 1.71 bits per heavy atom. The van der Waals surface area contributed by atoms with Gasteiger partial charge in [-0.1, -0.05) is 48.0 Å². The van der Waals surface area contributed by atoms with Crippen molar-refractivity contribution in [3.63, 3.8) is 0 Å². The highest BCUT2D eigenvalue weighted by Gasteiger charge is 2.33. The smallest absolute Gasteiger partial charge is 0.243 e. The van der Waals surface area contributed by atoms with Crippen LogP contribution in [0, 0.1) is 0 Å². The lowest BCUT2D eigenvalue weighted by atomic mass is 10.1. The van der Waals surface area contributed by atoms with E-state index in [4.69, 9.17) is 22.3 Å². The SMILES string of the molecule is Nc1ccc(S(=O)(=O)N2CC[C@@H](Nc3ncc(Cl)c(-c4cn(-c5ccccc5)c5ccccc45)n3)C2)cc1. The van der Waals surface area contributed by atoms with E-state index in [9.17, 15) is 8.42 Å². The van der Waals surface area contributed by atoms with Crippen LogP contribution in [0.4, 0.5) is 11.6 Å². The van der Waals surface area contributed by atoms with Crippen molar-refractivity contribution >= 4 is 44.2 Å². The first-order valence-electron chi connectivity index (χ1n) is 12.2. The maximum absolute atomic E-state index is 13.1. The lowest BCUT2D eigenvalue weighted by molar-refractivity contribution is 0.474. The van der Waals surface area contributed by atoms with E-state index in [2.05, 4.69) is 33.1 Å². The molecule has 1 aliphatic heterocycles. The average Bonchev–Trinajstić information content (AvgIpc) is 3.56. The van der Waals surface area contributed by atoms with Crippen molar-refractivity contribution in [1.82, 2.24) is 18.8 Å².